The smallest absolute Gasteiger partial charge is 0.416 e. The SMILES string of the molecule is C=C(O)C1(CNC(=O)c2cnc3c(c2)CN(Cc2ccc(C(F)(F)F)cc2)[C@H]3C(C)C)CCOCC1.C=C(O)CC1(CNC(=O)c2cnc3c(c2)CN(Cc2ccc(C(F)(F)F)cc2)[C@H]3C(C)C)CCCCC1.CC(=O)C1CCC(CNC(=O)c2cnc3c(c2)CN(Cc2ccc(C(F)(F)F)cc2)[C@H]3C(C)C)CC1.CCS(=O)(=O)c1cnc(CNC(=O)c2cnc3c(c2)CN(Cc2ccc(C(F)(F)F)cc2)[C@H]3C(C)C)c(F)c1. The van der Waals surface area contributed by atoms with Gasteiger partial charge < -0.3 is 36.2 Å². The molecule has 10 heterocycles. The van der Waals surface area contributed by atoms with E-state index in [1.54, 1.807) is 31.6 Å². The lowest BCUT2D eigenvalue weighted by Crippen LogP contribution is -2.42. The molecule has 5 aliphatic heterocycles. The maximum atomic E-state index is 14.4. The molecule has 7 aliphatic rings. The lowest BCUT2D eigenvalue weighted by Gasteiger charge is -2.37. The molecule has 6 N–H and O–H groups in total. The molecule has 2 saturated carbocycles. The van der Waals surface area contributed by atoms with Crippen molar-refractivity contribution in [1.82, 2.24) is 65.8 Å². The summed E-state index contributed by atoms with van der Waals surface area (Å²) in [5.41, 5.74) is 8.51. The van der Waals surface area contributed by atoms with Crippen LogP contribution in [0.3, 0.4) is 0 Å². The second kappa shape index (κ2) is 47.9. The highest BCUT2D eigenvalue weighted by Gasteiger charge is 2.44. The number of hydrogen-bond acceptors (Lipinski definition) is 19. The number of allylic oxidation sites excluding steroid dienone is 1. The minimum atomic E-state index is -4.40. The van der Waals surface area contributed by atoms with E-state index in [0.29, 0.717) is 121 Å². The van der Waals surface area contributed by atoms with E-state index in [1.807, 2.05) is 32.0 Å². The van der Waals surface area contributed by atoms with Crippen LogP contribution in [-0.4, -0.2) is 131 Å². The van der Waals surface area contributed by atoms with Gasteiger partial charge in [-0.25, -0.2) is 12.8 Å². The van der Waals surface area contributed by atoms with Gasteiger partial charge in [-0.1, -0.05) is 143 Å². The zero-order valence-electron chi connectivity index (χ0n) is 84.8. The number of nitrogens with zero attached hydrogens (tertiary/aromatic N) is 9. The molecule has 16 rings (SSSR count). The standard InChI is InChI=1S/C29H36F3N3O2.C28H34F3N3O2.C27H28F4N4O3S.C27H32F3N3O3/c1-19(2)26-25-23(17-35(26)16-21-7-9-24(10-8-21)29(30,31)32)13-22(15-33-25)27(37)34-18-28(14-20(3)36)11-5-4-6-12-28;1-17(2)26-25-23(16-34(26)15-20-6-10-24(11-7-20)28(29,30)31)12-22(14-32-25)27(36)33-13-19-4-8-21(9-5-19)18(3)35;1-4-39(37,38)21-10-22(28)23(32-12-21)13-34-26(36)18-9-19-15-35(25(16(2)3)24(19)33-11-18)14-17-5-7-20(8-6-17)27(29,30)31;1-17(2)24-23-21(15-33(24)14-19-4-6-22(7-5-19)27(28,29)30)12-20(13-31-23)25(35)32-16-26(18(3)34)8-10-36-11-9-26/h7-10,13,15,19,26,36H,3-6,11-12,14,16-18H2,1-2H3,(H,34,37);6-7,10-12,14,17,19,21,26H,4-5,8-9,13,15-16H2,1-3H3,(H,33,36);5-12,16,25H,4,13-15H2,1-3H3,(H,34,36);4-7,12-13,17,24,34H,3,8-11,14-16H2,1-2H3,(H,32,35)/t26-;19?,21?,26-;25-;24-/m0000/s1. The van der Waals surface area contributed by atoms with Crippen molar-refractivity contribution in [3.05, 3.63) is 306 Å². The van der Waals surface area contributed by atoms with Crippen molar-refractivity contribution >= 4 is 39.2 Å². The number of aromatic nitrogens is 5. The van der Waals surface area contributed by atoms with E-state index in [-0.39, 0.29) is 129 Å². The van der Waals surface area contributed by atoms with E-state index in [9.17, 15) is 99.7 Å². The van der Waals surface area contributed by atoms with Gasteiger partial charge in [-0.3, -0.25) is 68.5 Å². The van der Waals surface area contributed by atoms with Gasteiger partial charge in [-0.05, 0) is 217 Å². The molecule has 2 aliphatic carbocycles. The first kappa shape index (κ1) is 113. The van der Waals surface area contributed by atoms with Crippen LogP contribution in [0.25, 0.3) is 0 Å². The topological polar surface area (TPSA) is 295 Å². The third-order valence-electron chi connectivity index (χ3n) is 29.2. The normalized spacial score (nSPS) is 19.4. The molecule has 37 heteroatoms. The van der Waals surface area contributed by atoms with Crippen molar-refractivity contribution in [3.63, 3.8) is 0 Å². The lowest BCUT2D eigenvalue weighted by atomic mass is 9.71. The summed E-state index contributed by atoms with van der Waals surface area (Å²) < 4.78 is 199. The van der Waals surface area contributed by atoms with Crippen LogP contribution < -0.4 is 21.3 Å². The Labute approximate surface area is 855 Å². The summed E-state index contributed by atoms with van der Waals surface area (Å²) in [5.74, 6) is -0.268. The zero-order valence-corrected chi connectivity index (χ0v) is 85.6. The van der Waals surface area contributed by atoms with Crippen LogP contribution in [-0.2, 0) is 103 Å². The molecule has 0 radical (unpaired) electrons. The van der Waals surface area contributed by atoms with Crippen molar-refractivity contribution < 1.29 is 104 Å². The van der Waals surface area contributed by atoms with Crippen molar-refractivity contribution in [1.29, 1.82) is 0 Å². The molecule has 0 bridgehead atoms. The Morgan fingerprint density at radius 1 is 0.446 bits per heavy atom. The summed E-state index contributed by atoms with van der Waals surface area (Å²) in [7, 11) is -3.61. The number of rotatable bonds is 30. The van der Waals surface area contributed by atoms with Crippen LogP contribution in [0.15, 0.2) is 188 Å². The Bertz CT molecular complexity index is 6300. The van der Waals surface area contributed by atoms with Gasteiger partial charge in [0.05, 0.1) is 126 Å². The maximum absolute atomic E-state index is 14.4. The van der Waals surface area contributed by atoms with Crippen molar-refractivity contribution in [2.75, 3.05) is 38.6 Å². The molecule has 4 amide bonds. The molecule has 148 heavy (non-hydrogen) atoms. The largest absolute Gasteiger partial charge is 0.513 e. The molecule has 23 nitrogen and oxygen atoms in total. The molecule has 0 unspecified atom stereocenters. The number of ketones is 1. The second-order valence-electron chi connectivity index (χ2n) is 41.5. The number of Topliss-reactive ketones (excluding diaryl/α,β-unsaturated/α-hetero) is 1. The Hall–Kier alpha value is -11.9. The number of carbonyl (C=O) groups excluding carboxylic acids is 5. The van der Waals surface area contributed by atoms with E-state index in [0.717, 1.165) is 179 Å². The summed E-state index contributed by atoms with van der Waals surface area (Å²) in [6.07, 6.45) is 0.396. The Balaban J connectivity index is 0.000000165. The third-order valence-corrected chi connectivity index (χ3v) is 30.9. The molecule has 4 aromatic carbocycles. The first-order valence-electron chi connectivity index (χ1n) is 50.2. The van der Waals surface area contributed by atoms with Gasteiger partial charge in [0.1, 0.15) is 11.6 Å². The number of aliphatic hydroxyl groups is 2. The number of halogens is 13. The Kier molecular flexibility index (Phi) is 36.7. The molecule has 3 fully saturated rings. The number of aliphatic hydroxyl groups excluding tert-OH is 2. The number of sulfone groups is 1. The first-order valence-corrected chi connectivity index (χ1v) is 51.8. The van der Waals surface area contributed by atoms with Gasteiger partial charge in [0.25, 0.3) is 23.6 Å². The van der Waals surface area contributed by atoms with Gasteiger partial charge in [0.2, 0.25) is 0 Å². The average molecular weight is 2090 g/mol. The number of carbonyl (C=O) groups is 5. The molecule has 4 atom stereocenters. The first-order chi connectivity index (χ1) is 69.8. The predicted octanol–water partition coefficient (Wildman–Crippen LogP) is 23.4. The predicted molar refractivity (Wildman–Crippen MR) is 532 cm³/mol. The van der Waals surface area contributed by atoms with E-state index < -0.39 is 73.9 Å². The molecule has 796 valence electrons. The molecular weight excluding hydrogens is 1950 g/mol. The minimum Gasteiger partial charge on any atom is -0.513 e. The van der Waals surface area contributed by atoms with E-state index in [4.69, 9.17) is 4.74 Å². The fourth-order valence-electron chi connectivity index (χ4n) is 21.3. The molecule has 5 aromatic heterocycles. The van der Waals surface area contributed by atoms with Gasteiger partial charge >= 0.3 is 24.7 Å². The van der Waals surface area contributed by atoms with Crippen molar-refractivity contribution in [3.8, 4) is 0 Å². The summed E-state index contributed by atoms with van der Waals surface area (Å²) in [6.45, 7) is 33.2. The second-order valence-corrected chi connectivity index (χ2v) is 43.7. The van der Waals surface area contributed by atoms with Crippen LogP contribution in [0.2, 0.25) is 0 Å². The average Bonchev–Trinajstić information content (AvgIpc) is 1.65. The summed E-state index contributed by atoms with van der Waals surface area (Å²) in [6, 6.07) is 29.0. The van der Waals surface area contributed by atoms with Gasteiger partial charge in [0, 0.05) is 134 Å². The van der Waals surface area contributed by atoms with E-state index in [1.165, 1.54) is 68.1 Å². The highest BCUT2D eigenvalue weighted by atomic mass is 32.2. The number of ether oxygens (including phenoxy) is 1. The van der Waals surface area contributed by atoms with Crippen LogP contribution in [0.5, 0.6) is 0 Å². The number of hydrogen-bond donors (Lipinski definition) is 6. The highest BCUT2D eigenvalue weighted by molar-refractivity contribution is 7.91. The molecular formula is C111H130F13N13O10S. The number of fused-ring (bicyclic) bond motifs is 4. The van der Waals surface area contributed by atoms with E-state index >= 15 is 0 Å². The molecule has 1 saturated heterocycles. The highest BCUT2D eigenvalue weighted by Crippen LogP contribution is 2.47. The van der Waals surface area contributed by atoms with Crippen LogP contribution in [0.4, 0.5) is 57.1 Å². The van der Waals surface area contributed by atoms with Gasteiger partial charge in [0.15, 0.2) is 9.84 Å². The van der Waals surface area contributed by atoms with Crippen molar-refractivity contribution in [2.24, 2.45) is 46.3 Å². The monoisotopic (exact) mass is 2080 g/mol. The number of nitrogens with one attached hydrogen (secondary N) is 4. The number of alkyl halides is 12. The van der Waals surface area contributed by atoms with E-state index in [2.05, 4.69) is 120 Å². The number of benzene rings is 4. The number of amides is 4. The Morgan fingerprint density at radius 2 is 0.770 bits per heavy atom. The lowest BCUT2D eigenvalue weighted by molar-refractivity contribution is -0.138. The van der Waals surface area contributed by atoms with Crippen LogP contribution >= 0.6 is 0 Å². The van der Waals surface area contributed by atoms with Gasteiger partial charge in [-0.15, -0.1) is 0 Å². The Morgan fingerprint density at radius 3 is 1.07 bits per heavy atom. The molecule has 0 spiro atoms. The summed E-state index contributed by atoms with van der Waals surface area (Å²) in [5, 5.41) is 31.6. The summed E-state index contributed by atoms with van der Waals surface area (Å²) in [4.78, 5) is 94.1. The third kappa shape index (κ3) is 28.4. The van der Waals surface area contributed by atoms with Crippen LogP contribution in [0, 0.1) is 52.2 Å². The maximum Gasteiger partial charge on any atom is 0.416 e. The minimum absolute atomic E-state index is 0.00970. The molecule has 9 aromatic rings. The zero-order chi connectivity index (χ0) is 107. The number of pyridine rings is 5. The fraction of sp³-hybridized carbons (Fsp3) is 0.477. The van der Waals surface area contributed by atoms with Gasteiger partial charge in [-0.2, -0.15) is 52.7 Å². The quantitative estimate of drug-likeness (QED) is 0.0180. The van der Waals surface area contributed by atoms with Crippen molar-refractivity contribution in [2.45, 2.75) is 259 Å². The summed E-state index contributed by atoms with van der Waals surface area (Å²) >= 11 is 0. The van der Waals surface area contributed by atoms with Crippen LogP contribution in [0.1, 0.15) is 307 Å². The fourth-order valence-corrected chi connectivity index (χ4v) is 22.1.